The molecule has 2 N–H and O–H groups in total. The van der Waals surface area contributed by atoms with Crippen LogP contribution in [-0.2, 0) is 4.79 Å². The summed E-state index contributed by atoms with van der Waals surface area (Å²) in [5.41, 5.74) is 0.858. The molecule has 0 spiro atoms. The van der Waals surface area contributed by atoms with Crippen molar-refractivity contribution >= 4 is 22.4 Å². The zero-order valence-corrected chi connectivity index (χ0v) is 10.9. The van der Waals surface area contributed by atoms with Crippen LogP contribution in [-0.4, -0.2) is 19.0 Å². The third-order valence-electron chi connectivity index (χ3n) is 3.45. The smallest absolute Gasteiger partial charge is 0.238 e. The summed E-state index contributed by atoms with van der Waals surface area (Å²) in [6.07, 6.45) is 2.61. The Labute approximate surface area is 113 Å². The fourth-order valence-corrected chi connectivity index (χ4v) is 2.18. The second-order valence-electron chi connectivity index (χ2n) is 5.18. The van der Waals surface area contributed by atoms with E-state index >= 15 is 0 Å². The Kier molecular flexibility index (Phi) is 3.47. The van der Waals surface area contributed by atoms with Gasteiger partial charge in [-0.2, -0.15) is 0 Å². The highest BCUT2D eigenvalue weighted by atomic mass is 16.1. The largest absolute Gasteiger partial charge is 0.325 e. The van der Waals surface area contributed by atoms with E-state index in [0.29, 0.717) is 6.54 Å². The summed E-state index contributed by atoms with van der Waals surface area (Å²) >= 11 is 0. The van der Waals surface area contributed by atoms with E-state index in [1.807, 2.05) is 30.3 Å². The Morgan fingerprint density at radius 2 is 1.89 bits per heavy atom. The summed E-state index contributed by atoms with van der Waals surface area (Å²) in [4.78, 5) is 11.8. The van der Waals surface area contributed by atoms with E-state index in [4.69, 9.17) is 0 Å². The van der Waals surface area contributed by atoms with Crippen molar-refractivity contribution in [2.75, 3.05) is 18.4 Å². The third-order valence-corrected chi connectivity index (χ3v) is 3.45. The molecule has 3 nitrogen and oxygen atoms in total. The predicted octanol–water partition coefficient (Wildman–Crippen LogP) is 2.78. The second kappa shape index (κ2) is 5.41. The van der Waals surface area contributed by atoms with Gasteiger partial charge in [0.1, 0.15) is 0 Å². The molecule has 0 aliphatic heterocycles. The standard InChI is InChI=1S/C16H18N2O/c19-16(11-17-10-12-5-6-12)18-15-8-7-13-3-1-2-4-14(13)9-15/h1-4,7-9,12,17H,5-6,10-11H2,(H,18,19). The van der Waals surface area contributed by atoms with Crippen LogP contribution in [0.1, 0.15) is 12.8 Å². The van der Waals surface area contributed by atoms with Crippen molar-refractivity contribution in [1.29, 1.82) is 0 Å². The van der Waals surface area contributed by atoms with E-state index in [1.165, 1.54) is 18.2 Å². The number of fused-ring (bicyclic) bond motifs is 1. The molecule has 2 aromatic carbocycles. The minimum Gasteiger partial charge on any atom is -0.325 e. The van der Waals surface area contributed by atoms with Crippen molar-refractivity contribution in [3.63, 3.8) is 0 Å². The van der Waals surface area contributed by atoms with Crippen molar-refractivity contribution in [2.24, 2.45) is 5.92 Å². The Hall–Kier alpha value is -1.87. The molecular formula is C16H18N2O. The molecule has 0 bridgehead atoms. The fourth-order valence-electron chi connectivity index (χ4n) is 2.18. The fraction of sp³-hybridized carbons (Fsp3) is 0.312. The van der Waals surface area contributed by atoms with E-state index in [0.717, 1.165) is 23.5 Å². The Morgan fingerprint density at radius 3 is 2.68 bits per heavy atom. The molecule has 3 rings (SSSR count). The highest BCUT2D eigenvalue weighted by Crippen LogP contribution is 2.27. The first-order valence-electron chi connectivity index (χ1n) is 6.80. The Morgan fingerprint density at radius 1 is 1.11 bits per heavy atom. The number of hydrogen-bond donors (Lipinski definition) is 2. The van der Waals surface area contributed by atoms with Gasteiger partial charge in [-0.25, -0.2) is 0 Å². The zero-order valence-electron chi connectivity index (χ0n) is 10.9. The van der Waals surface area contributed by atoms with Gasteiger partial charge in [-0.1, -0.05) is 30.3 Å². The lowest BCUT2D eigenvalue weighted by Gasteiger charge is -2.07. The van der Waals surface area contributed by atoms with Gasteiger partial charge in [-0.15, -0.1) is 0 Å². The maximum atomic E-state index is 11.8. The lowest BCUT2D eigenvalue weighted by molar-refractivity contribution is -0.115. The van der Waals surface area contributed by atoms with Gasteiger partial charge in [0.15, 0.2) is 0 Å². The van der Waals surface area contributed by atoms with Gasteiger partial charge in [-0.3, -0.25) is 4.79 Å². The van der Waals surface area contributed by atoms with Crippen molar-refractivity contribution in [2.45, 2.75) is 12.8 Å². The van der Waals surface area contributed by atoms with E-state index in [1.54, 1.807) is 0 Å². The highest BCUT2D eigenvalue weighted by molar-refractivity contribution is 5.95. The van der Waals surface area contributed by atoms with Gasteiger partial charge >= 0.3 is 0 Å². The minimum absolute atomic E-state index is 0.0240. The molecule has 2 aromatic rings. The molecule has 98 valence electrons. The second-order valence-corrected chi connectivity index (χ2v) is 5.18. The van der Waals surface area contributed by atoms with Crippen molar-refractivity contribution in [1.82, 2.24) is 5.32 Å². The van der Waals surface area contributed by atoms with E-state index < -0.39 is 0 Å². The van der Waals surface area contributed by atoms with E-state index in [9.17, 15) is 4.79 Å². The van der Waals surface area contributed by atoms with Crippen LogP contribution in [0.25, 0.3) is 10.8 Å². The third kappa shape index (κ3) is 3.32. The molecule has 0 atom stereocenters. The van der Waals surface area contributed by atoms with E-state index in [-0.39, 0.29) is 5.91 Å². The molecule has 0 radical (unpaired) electrons. The quantitative estimate of drug-likeness (QED) is 0.861. The normalized spacial score (nSPS) is 14.5. The first-order chi connectivity index (χ1) is 9.31. The summed E-state index contributed by atoms with van der Waals surface area (Å²) in [6.45, 7) is 1.36. The monoisotopic (exact) mass is 254 g/mol. The van der Waals surface area contributed by atoms with Crippen LogP contribution in [0.3, 0.4) is 0 Å². The molecule has 1 aliphatic rings. The number of anilines is 1. The van der Waals surface area contributed by atoms with Crippen LogP contribution in [0, 0.1) is 5.92 Å². The minimum atomic E-state index is 0.0240. The first kappa shape index (κ1) is 12.2. The van der Waals surface area contributed by atoms with Gasteiger partial charge in [0.05, 0.1) is 6.54 Å². The van der Waals surface area contributed by atoms with Crippen LogP contribution in [0.4, 0.5) is 5.69 Å². The number of carbonyl (C=O) groups is 1. The Bertz CT molecular complexity index is 590. The molecule has 0 aromatic heterocycles. The van der Waals surface area contributed by atoms with Crippen LogP contribution >= 0.6 is 0 Å². The molecule has 0 unspecified atom stereocenters. The molecule has 0 saturated heterocycles. The zero-order chi connectivity index (χ0) is 13.1. The van der Waals surface area contributed by atoms with Gasteiger partial charge in [-0.05, 0) is 48.2 Å². The Balaban J connectivity index is 1.58. The molecule has 3 heteroatoms. The SMILES string of the molecule is O=C(CNCC1CC1)Nc1ccc2ccccc2c1. The average molecular weight is 254 g/mol. The molecule has 0 heterocycles. The van der Waals surface area contributed by atoms with Crippen LogP contribution in [0.5, 0.6) is 0 Å². The van der Waals surface area contributed by atoms with Gasteiger partial charge in [0.2, 0.25) is 5.91 Å². The van der Waals surface area contributed by atoms with Crippen molar-refractivity contribution in [3.8, 4) is 0 Å². The highest BCUT2D eigenvalue weighted by Gasteiger charge is 2.20. The summed E-state index contributed by atoms with van der Waals surface area (Å²) in [5, 5.41) is 8.45. The number of nitrogens with one attached hydrogen (secondary N) is 2. The molecule has 1 aliphatic carbocycles. The average Bonchev–Trinajstić information content (AvgIpc) is 3.23. The van der Waals surface area contributed by atoms with Crippen molar-refractivity contribution in [3.05, 3.63) is 42.5 Å². The van der Waals surface area contributed by atoms with Crippen LogP contribution in [0.15, 0.2) is 42.5 Å². The van der Waals surface area contributed by atoms with Crippen molar-refractivity contribution < 1.29 is 4.79 Å². The summed E-state index contributed by atoms with van der Waals surface area (Å²) in [5.74, 6) is 0.824. The van der Waals surface area contributed by atoms with Crippen LogP contribution in [0.2, 0.25) is 0 Å². The summed E-state index contributed by atoms with van der Waals surface area (Å²) in [7, 11) is 0. The number of carbonyl (C=O) groups excluding carboxylic acids is 1. The maximum absolute atomic E-state index is 11.8. The number of hydrogen-bond acceptors (Lipinski definition) is 2. The molecule has 1 saturated carbocycles. The summed E-state index contributed by atoms with van der Waals surface area (Å²) in [6, 6.07) is 14.1. The topological polar surface area (TPSA) is 41.1 Å². The first-order valence-corrected chi connectivity index (χ1v) is 6.80. The molecule has 1 amide bonds. The summed E-state index contributed by atoms with van der Waals surface area (Å²) < 4.78 is 0. The lowest BCUT2D eigenvalue weighted by Crippen LogP contribution is -2.29. The maximum Gasteiger partial charge on any atom is 0.238 e. The number of benzene rings is 2. The van der Waals surface area contributed by atoms with Crippen LogP contribution < -0.4 is 10.6 Å². The molecular weight excluding hydrogens is 236 g/mol. The predicted molar refractivity (Wildman–Crippen MR) is 78.2 cm³/mol. The van der Waals surface area contributed by atoms with E-state index in [2.05, 4.69) is 22.8 Å². The van der Waals surface area contributed by atoms with Gasteiger partial charge in [0.25, 0.3) is 0 Å². The van der Waals surface area contributed by atoms with Gasteiger partial charge < -0.3 is 10.6 Å². The van der Waals surface area contributed by atoms with Gasteiger partial charge in [0, 0.05) is 5.69 Å². The number of amides is 1. The lowest BCUT2D eigenvalue weighted by atomic mass is 10.1. The molecule has 1 fully saturated rings. The number of rotatable bonds is 5. The molecule has 19 heavy (non-hydrogen) atoms.